The number of hydrogen-bond acceptors (Lipinski definition) is 4. The zero-order valence-electron chi connectivity index (χ0n) is 15.7. The van der Waals surface area contributed by atoms with Gasteiger partial charge < -0.3 is 5.11 Å². The lowest BCUT2D eigenvalue weighted by atomic mass is 9.80. The molecule has 1 N–H and O–H groups in total. The number of aliphatic hydroxyl groups is 1. The van der Waals surface area contributed by atoms with Gasteiger partial charge >= 0.3 is 0 Å². The molecule has 0 spiro atoms. The number of fused-ring (bicyclic) bond motifs is 2. The predicted octanol–water partition coefficient (Wildman–Crippen LogP) is 3.49. The molecule has 0 saturated carbocycles. The quantitative estimate of drug-likeness (QED) is 0.766. The number of rotatable bonds is 4. The van der Waals surface area contributed by atoms with Crippen LogP contribution in [0.15, 0.2) is 77.9 Å². The first-order chi connectivity index (χ1) is 13.8. The molecule has 4 heteroatoms. The molecule has 0 aliphatic carbocycles. The summed E-state index contributed by atoms with van der Waals surface area (Å²) in [6, 6.07) is 18.7. The van der Waals surface area contributed by atoms with Crippen LogP contribution < -0.4 is 0 Å². The molecule has 0 amide bonds. The molecule has 2 unspecified atom stereocenters. The number of pyridine rings is 1. The molecule has 5 rings (SSSR count). The topological polar surface area (TPSA) is 48.7 Å². The highest BCUT2D eigenvalue weighted by Gasteiger charge is 2.43. The average Bonchev–Trinajstić information content (AvgIpc) is 3.24. The molecule has 1 aromatic heterocycles. The highest BCUT2D eigenvalue weighted by molar-refractivity contribution is 5.86. The van der Waals surface area contributed by atoms with Gasteiger partial charge in [-0.1, -0.05) is 42.5 Å². The Balaban J connectivity index is 1.61. The van der Waals surface area contributed by atoms with Gasteiger partial charge in [0.05, 0.1) is 18.2 Å². The van der Waals surface area contributed by atoms with Gasteiger partial charge in [0, 0.05) is 30.9 Å². The van der Waals surface area contributed by atoms with Crippen LogP contribution in [0, 0.1) is 0 Å². The van der Waals surface area contributed by atoms with Crippen molar-refractivity contribution in [1.29, 1.82) is 0 Å². The van der Waals surface area contributed by atoms with E-state index in [1.807, 2.05) is 36.7 Å². The predicted molar refractivity (Wildman–Crippen MR) is 112 cm³/mol. The Morgan fingerprint density at radius 2 is 1.86 bits per heavy atom. The van der Waals surface area contributed by atoms with Gasteiger partial charge in [-0.05, 0) is 47.4 Å². The second-order valence-electron chi connectivity index (χ2n) is 7.53. The van der Waals surface area contributed by atoms with Crippen molar-refractivity contribution in [2.45, 2.75) is 24.5 Å². The van der Waals surface area contributed by atoms with Gasteiger partial charge in [0.15, 0.2) is 0 Å². The van der Waals surface area contributed by atoms with Crippen LogP contribution in [0.3, 0.4) is 0 Å². The SMILES string of the molecule is OCC(N1CCc2ccccc2C1)C1(c2ccnc3ccccc23)C=CC=N1. The highest BCUT2D eigenvalue weighted by Crippen LogP contribution is 2.40. The lowest BCUT2D eigenvalue weighted by Crippen LogP contribution is -2.52. The van der Waals surface area contributed by atoms with Gasteiger partial charge in [0.1, 0.15) is 5.54 Å². The number of nitrogens with zero attached hydrogens (tertiary/aromatic N) is 3. The molecule has 2 atom stereocenters. The molecule has 4 nitrogen and oxygen atoms in total. The first-order valence-electron chi connectivity index (χ1n) is 9.81. The van der Waals surface area contributed by atoms with E-state index in [1.165, 1.54) is 11.1 Å². The first-order valence-corrected chi connectivity index (χ1v) is 9.81. The van der Waals surface area contributed by atoms with E-state index in [1.54, 1.807) is 0 Å². The Morgan fingerprint density at radius 1 is 1.04 bits per heavy atom. The first kappa shape index (κ1) is 17.3. The average molecular weight is 369 g/mol. The van der Waals surface area contributed by atoms with E-state index in [0.29, 0.717) is 0 Å². The molecule has 2 aromatic carbocycles. The van der Waals surface area contributed by atoms with Crippen LogP contribution in [0.5, 0.6) is 0 Å². The van der Waals surface area contributed by atoms with Gasteiger partial charge in [-0.3, -0.25) is 14.9 Å². The standard InChI is InChI=1S/C24H23N3O/c28-17-23(27-15-11-18-6-1-2-7-19(18)16-27)24(12-5-13-26-24)21-10-14-25-22-9-4-3-8-20(21)22/h1-10,12-14,23,28H,11,15-17H2. The highest BCUT2D eigenvalue weighted by atomic mass is 16.3. The minimum absolute atomic E-state index is 0.0422. The molecule has 2 aliphatic rings. The molecule has 28 heavy (non-hydrogen) atoms. The van der Waals surface area contributed by atoms with Crippen LogP contribution in [-0.4, -0.2) is 40.4 Å². The van der Waals surface area contributed by atoms with E-state index in [4.69, 9.17) is 4.99 Å². The van der Waals surface area contributed by atoms with Crippen LogP contribution in [0.4, 0.5) is 0 Å². The van der Waals surface area contributed by atoms with E-state index in [-0.39, 0.29) is 12.6 Å². The monoisotopic (exact) mass is 369 g/mol. The molecular weight excluding hydrogens is 346 g/mol. The molecule has 2 aliphatic heterocycles. The fourth-order valence-electron chi connectivity index (χ4n) is 4.70. The zero-order chi connectivity index (χ0) is 19.0. The summed E-state index contributed by atoms with van der Waals surface area (Å²) in [5.74, 6) is 0. The maximum atomic E-state index is 10.5. The number of hydrogen-bond donors (Lipinski definition) is 1. The third-order valence-corrected chi connectivity index (χ3v) is 6.09. The Hall–Kier alpha value is -2.82. The summed E-state index contributed by atoms with van der Waals surface area (Å²) in [5, 5.41) is 11.6. The minimum Gasteiger partial charge on any atom is -0.395 e. The van der Waals surface area contributed by atoms with Crippen LogP contribution in [0.25, 0.3) is 10.9 Å². The number of aromatic nitrogens is 1. The van der Waals surface area contributed by atoms with E-state index >= 15 is 0 Å². The minimum atomic E-state index is -0.608. The van der Waals surface area contributed by atoms with Crippen molar-refractivity contribution in [3.05, 3.63) is 89.6 Å². The number of aliphatic imine (C=N–C) groups is 1. The number of benzene rings is 2. The molecule has 0 saturated heterocycles. The maximum absolute atomic E-state index is 10.5. The Bertz CT molecular complexity index is 1050. The molecule has 0 fully saturated rings. The summed E-state index contributed by atoms with van der Waals surface area (Å²) in [7, 11) is 0. The van der Waals surface area contributed by atoms with Crippen molar-refractivity contribution >= 4 is 17.1 Å². The largest absolute Gasteiger partial charge is 0.395 e. The third-order valence-electron chi connectivity index (χ3n) is 6.09. The Labute approximate surface area is 164 Å². The fourth-order valence-corrected chi connectivity index (χ4v) is 4.70. The van der Waals surface area contributed by atoms with Crippen LogP contribution in [-0.2, 0) is 18.5 Å². The summed E-state index contributed by atoms with van der Waals surface area (Å²) >= 11 is 0. The molecule has 3 aromatic rings. The summed E-state index contributed by atoms with van der Waals surface area (Å²) in [4.78, 5) is 11.8. The molecule has 3 heterocycles. The van der Waals surface area contributed by atoms with Crippen LogP contribution in [0.2, 0.25) is 0 Å². The van der Waals surface area contributed by atoms with Crippen LogP contribution in [0.1, 0.15) is 16.7 Å². The second kappa shape index (κ2) is 6.97. The van der Waals surface area contributed by atoms with Gasteiger partial charge in [-0.15, -0.1) is 0 Å². The summed E-state index contributed by atoms with van der Waals surface area (Å²) in [5.41, 5.74) is 4.19. The van der Waals surface area contributed by atoms with Crippen molar-refractivity contribution in [2.24, 2.45) is 4.99 Å². The smallest absolute Gasteiger partial charge is 0.122 e. The van der Waals surface area contributed by atoms with Crippen molar-refractivity contribution in [2.75, 3.05) is 13.2 Å². The van der Waals surface area contributed by atoms with Crippen molar-refractivity contribution in [1.82, 2.24) is 9.88 Å². The van der Waals surface area contributed by atoms with E-state index < -0.39 is 5.54 Å². The third kappa shape index (κ3) is 2.68. The lowest BCUT2D eigenvalue weighted by molar-refractivity contribution is 0.0719. The summed E-state index contributed by atoms with van der Waals surface area (Å²) in [6.07, 6.45) is 8.83. The van der Waals surface area contributed by atoms with Gasteiger partial charge in [0.25, 0.3) is 0 Å². The molecule has 0 radical (unpaired) electrons. The van der Waals surface area contributed by atoms with Crippen LogP contribution >= 0.6 is 0 Å². The van der Waals surface area contributed by atoms with Gasteiger partial charge in [-0.25, -0.2) is 0 Å². The zero-order valence-corrected chi connectivity index (χ0v) is 15.7. The van der Waals surface area contributed by atoms with Crippen molar-refractivity contribution in [3.8, 4) is 0 Å². The second-order valence-corrected chi connectivity index (χ2v) is 7.53. The van der Waals surface area contributed by atoms with E-state index in [9.17, 15) is 5.11 Å². The van der Waals surface area contributed by atoms with Crippen molar-refractivity contribution < 1.29 is 5.11 Å². The fraction of sp³-hybridized carbons (Fsp3) is 0.250. The lowest BCUT2D eigenvalue weighted by Gasteiger charge is -2.43. The Kier molecular flexibility index (Phi) is 4.30. The molecular formula is C24H23N3O. The molecule has 140 valence electrons. The number of para-hydroxylation sites is 1. The van der Waals surface area contributed by atoms with E-state index in [0.717, 1.165) is 36.0 Å². The maximum Gasteiger partial charge on any atom is 0.122 e. The number of allylic oxidation sites excluding steroid dienone is 1. The van der Waals surface area contributed by atoms with Gasteiger partial charge in [-0.2, -0.15) is 0 Å². The van der Waals surface area contributed by atoms with E-state index in [2.05, 4.69) is 52.4 Å². The summed E-state index contributed by atoms with van der Waals surface area (Å²) in [6.45, 7) is 1.78. The normalized spacial score (nSPS) is 22.5. The number of aliphatic hydroxyl groups excluding tert-OH is 1. The van der Waals surface area contributed by atoms with Crippen molar-refractivity contribution in [3.63, 3.8) is 0 Å². The molecule has 0 bridgehead atoms. The van der Waals surface area contributed by atoms with Gasteiger partial charge in [0.2, 0.25) is 0 Å². The Morgan fingerprint density at radius 3 is 2.68 bits per heavy atom. The summed E-state index contributed by atoms with van der Waals surface area (Å²) < 4.78 is 0.